The Kier molecular flexibility index (Phi) is 10.8. The normalized spacial score (nSPS) is 26.2. The largest absolute Gasteiger partial charge is 0.416 e. The molecule has 0 heterocycles. The SMILES string of the molecule is N#C/C=C/C=C/CC[C@H]1CC[C@H](CCCC[C@H]2CC[C@H](c3ccc(C(F)(F)F)cc3)CC2)CC1. The first kappa shape index (κ1) is 26.6. The van der Waals surface area contributed by atoms with E-state index < -0.39 is 11.7 Å². The molecule has 2 fully saturated rings. The smallest absolute Gasteiger partial charge is 0.193 e. The number of rotatable bonds is 10. The summed E-state index contributed by atoms with van der Waals surface area (Å²) in [5.41, 5.74) is 0.533. The summed E-state index contributed by atoms with van der Waals surface area (Å²) in [6, 6.07) is 7.86. The molecule has 1 aromatic rings. The number of unbranched alkanes of at least 4 members (excludes halogenated alkanes) is 1. The number of nitrogens with zero attached hydrogens (tertiary/aromatic N) is 1. The number of halogens is 3. The van der Waals surface area contributed by atoms with E-state index in [4.69, 9.17) is 5.26 Å². The van der Waals surface area contributed by atoms with Crippen LogP contribution in [0.15, 0.2) is 48.6 Å². The zero-order valence-corrected chi connectivity index (χ0v) is 20.4. The minimum atomic E-state index is -4.25. The molecule has 2 aliphatic rings. The van der Waals surface area contributed by atoms with Gasteiger partial charge in [0.15, 0.2) is 0 Å². The van der Waals surface area contributed by atoms with Gasteiger partial charge in [-0.15, -0.1) is 0 Å². The third-order valence-corrected chi connectivity index (χ3v) is 8.16. The lowest BCUT2D eigenvalue weighted by molar-refractivity contribution is -0.137. The molecule has 0 N–H and O–H groups in total. The molecular weight excluding hydrogens is 431 g/mol. The molecular formula is C30H40F3N. The third-order valence-electron chi connectivity index (χ3n) is 8.16. The Morgan fingerprint density at radius 2 is 1.29 bits per heavy atom. The lowest BCUT2D eigenvalue weighted by atomic mass is 9.76. The molecule has 0 unspecified atom stereocenters. The van der Waals surface area contributed by atoms with E-state index in [0.29, 0.717) is 5.92 Å². The summed E-state index contributed by atoms with van der Waals surface area (Å²) in [4.78, 5) is 0. The predicted octanol–water partition coefficient (Wildman–Crippen LogP) is 9.76. The van der Waals surface area contributed by atoms with Crippen molar-refractivity contribution in [2.45, 2.75) is 102 Å². The average molecular weight is 472 g/mol. The molecule has 0 aliphatic heterocycles. The van der Waals surface area contributed by atoms with Gasteiger partial charge in [0.05, 0.1) is 11.6 Å². The first-order valence-corrected chi connectivity index (χ1v) is 13.3. The van der Waals surface area contributed by atoms with E-state index in [-0.39, 0.29) is 0 Å². The van der Waals surface area contributed by atoms with Gasteiger partial charge in [0.2, 0.25) is 0 Å². The minimum absolute atomic E-state index is 0.429. The van der Waals surface area contributed by atoms with Gasteiger partial charge < -0.3 is 0 Å². The Hall–Kier alpha value is -2.02. The molecule has 0 saturated heterocycles. The highest BCUT2D eigenvalue weighted by Gasteiger charge is 2.30. The van der Waals surface area contributed by atoms with E-state index in [1.165, 1.54) is 88.8 Å². The summed E-state index contributed by atoms with van der Waals surface area (Å²) in [6.45, 7) is 0. The topological polar surface area (TPSA) is 23.8 Å². The molecule has 4 heteroatoms. The van der Waals surface area contributed by atoms with E-state index in [0.717, 1.165) is 42.6 Å². The fourth-order valence-corrected chi connectivity index (χ4v) is 6.01. The van der Waals surface area contributed by atoms with Gasteiger partial charge in [-0.3, -0.25) is 0 Å². The van der Waals surface area contributed by atoms with Gasteiger partial charge in [-0.1, -0.05) is 81.7 Å². The molecule has 0 spiro atoms. The van der Waals surface area contributed by atoms with Crippen LogP contribution in [-0.2, 0) is 6.18 Å². The van der Waals surface area contributed by atoms with Gasteiger partial charge in [0.1, 0.15) is 0 Å². The quantitative estimate of drug-likeness (QED) is 0.189. The number of hydrogen-bond donors (Lipinski definition) is 0. The van der Waals surface area contributed by atoms with Gasteiger partial charge in [-0.25, -0.2) is 0 Å². The zero-order valence-electron chi connectivity index (χ0n) is 20.4. The van der Waals surface area contributed by atoms with Crippen molar-refractivity contribution < 1.29 is 13.2 Å². The van der Waals surface area contributed by atoms with Crippen LogP contribution < -0.4 is 0 Å². The number of hydrogen-bond acceptors (Lipinski definition) is 1. The van der Waals surface area contributed by atoms with E-state index >= 15 is 0 Å². The molecule has 186 valence electrons. The monoisotopic (exact) mass is 471 g/mol. The maximum atomic E-state index is 12.8. The van der Waals surface area contributed by atoms with Crippen LogP contribution in [0.3, 0.4) is 0 Å². The Labute approximate surface area is 204 Å². The van der Waals surface area contributed by atoms with Crippen LogP contribution in [0.2, 0.25) is 0 Å². The highest BCUT2D eigenvalue weighted by Crippen LogP contribution is 2.39. The Morgan fingerprint density at radius 1 is 0.765 bits per heavy atom. The van der Waals surface area contributed by atoms with Crippen molar-refractivity contribution in [1.29, 1.82) is 5.26 Å². The third kappa shape index (κ3) is 8.97. The molecule has 0 amide bonds. The van der Waals surface area contributed by atoms with E-state index in [2.05, 4.69) is 6.08 Å². The fourth-order valence-electron chi connectivity index (χ4n) is 6.01. The summed E-state index contributed by atoms with van der Waals surface area (Å²) < 4.78 is 38.3. The molecule has 0 radical (unpaired) electrons. The summed E-state index contributed by atoms with van der Waals surface area (Å²) in [5, 5.41) is 8.47. The number of benzene rings is 1. The number of nitriles is 1. The molecule has 0 bridgehead atoms. The molecule has 0 atom stereocenters. The average Bonchev–Trinajstić information content (AvgIpc) is 2.85. The maximum absolute atomic E-state index is 12.8. The molecule has 34 heavy (non-hydrogen) atoms. The highest BCUT2D eigenvalue weighted by molar-refractivity contribution is 5.27. The Morgan fingerprint density at radius 3 is 1.82 bits per heavy atom. The molecule has 2 saturated carbocycles. The van der Waals surface area contributed by atoms with Crippen LogP contribution in [0.1, 0.15) is 107 Å². The summed E-state index contributed by atoms with van der Waals surface area (Å²) in [7, 11) is 0. The van der Waals surface area contributed by atoms with Crippen LogP contribution in [0, 0.1) is 29.1 Å². The van der Waals surface area contributed by atoms with Crippen LogP contribution in [0.25, 0.3) is 0 Å². The highest BCUT2D eigenvalue weighted by atomic mass is 19.4. The number of alkyl halides is 3. The Balaban J connectivity index is 1.23. The number of allylic oxidation sites excluding steroid dienone is 4. The Bertz CT molecular complexity index is 799. The summed E-state index contributed by atoms with van der Waals surface area (Å²) in [6.07, 6.45) is 21.2. The van der Waals surface area contributed by atoms with E-state index in [1.54, 1.807) is 12.1 Å². The van der Waals surface area contributed by atoms with Crippen LogP contribution >= 0.6 is 0 Å². The zero-order chi connectivity index (χ0) is 24.2. The molecule has 1 aromatic carbocycles. The van der Waals surface area contributed by atoms with Crippen molar-refractivity contribution in [1.82, 2.24) is 0 Å². The van der Waals surface area contributed by atoms with Gasteiger partial charge in [-0.2, -0.15) is 18.4 Å². The predicted molar refractivity (Wildman–Crippen MR) is 133 cm³/mol. The lowest BCUT2D eigenvalue weighted by Crippen LogP contribution is -2.15. The molecule has 2 aliphatic carbocycles. The first-order chi connectivity index (χ1) is 16.5. The molecule has 1 nitrogen and oxygen atoms in total. The van der Waals surface area contributed by atoms with Gasteiger partial charge in [0.25, 0.3) is 0 Å². The van der Waals surface area contributed by atoms with Crippen molar-refractivity contribution in [2.75, 3.05) is 0 Å². The fraction of sp³-hybridized carbons (Fsp3) is 0.633. The second-order valence-corrected chi connectivity index (χ2v) is 10.5. The molecule has 3 rings (SSSR count). The van der Waals surface area contributed by atoms with Crippen molar-refractivity contribution in [3.8, 4) is 6.07 Å². The van der Waals surface area contributed by atoms with Gasteiger partial charge >= 0.3 is 6.18 Å². The van der Waals surface area contributed by atoms with Crippen LogP contribution in [-0.4, -0.2) is 0 Å². The van der Waals surface area contributed by atoms with Gasteiger partial charge in [-0.05, 0) is 79.9 Å². The second kappa shape index (κ2) is 13.8. The molecule has 0 aromatic heterocycles. The van der Waals surface area contributed by atoms with Gasteiger partial charge in [0, 0.05) is 6.08 Å². The minimum Gasteiger partial charge on any atom is -0.193 e. The van der Waals surface area contributed by atoms with Crippen molar-refractivity contribution >= 4 is 0 Å². The maximum Gasteiger partial charge on any atom is 0.416 e. The lowest BCUT2D eigenvalue weighted by Gasteiger charge is -2.30. The van der Waals surface area contributed by atoms with Crippen LogP contribution in [0.5, 0.6) is 0 Å². The van der Waals surface area contributed by atoms with Crippen molar-refractivity contribution in [2.24, 2.45) is 17.8 Å². The summed E-state index contributed by atoms with van der Waals surface area (Å²) >= 11 is 0. The first-order valence-electron chi connectivity index (χ1n) is 13.3. The van der Waals surface area contributed by atoms with E-state index in [1.807, 2.05) is 18.2 Å². The second-order valence-electron chi connectivity index (χ2n) is 10.5. The van der Waals surface area contributed by atoms with Crippen molar-refractivity contribution in [3.05, 3.63) is 59.7 Å². The van der Waals surface area contributed by atoms with E-state index in [9.17, 15) is 13.2 Å². The summed E-state index contributed by atoms with van der Waals surface area (Å²) in [5.74, 6) is 3.03. The standard InChI is InChI=1S/C30H40F3N/c31-30(32,33)29-21-19-28(20-22-29)27-17-15-26(16-18-27)10-6-5-9-25-13-11-24(12-14-25)8-4-2-1-3-7-23-34/h1-3,7,19-22,24-27H,4-6,8-18H2/b2-1+,7-3+/t24-,25-,26-,27-. The van der Waals surface area contributed by atoms with Crippen molar-refractivity contribution in [3.63, 3.8) is 0 Å². The van der Waals surface area contributed by atoms with Crippen LogP contribution in [0.4, 0.5) is 13.2 Å².